The van der Waals surface area contributed by atoms with Crippen molar-refractivity contribution in [3.8, 4) is 0 Å². The van der Waals surface area contributed by atoms with Gasteiger partial charge in [0.05, 0.1) is 6.26 Å². The zero-order valence-corrected chi connectivity index (χ0v) is 11.6. The Morgan fingerprint density at radius 3 is 2.33 bits per heavy atom. The van der Waals surface area contributed by atoms with Gasteiger partial charge in [-0.05, 0) is 37.2 Å². The van der Waals surface area contributed by atoms with Crippen molar-refractivity contribution >= 4 is 8.32 Å². The highest BCUT2D eigenvalue weighted by Crippen LogP contribution is 2.39. The molecule has 0 bridgehead atoms. The molecule has 15 heavy (non-hydrogen) atoms. The number of hydrogen-bond acceptors (Lipinski definition) is 2. The van der Waals surface area contributed by atoms with Crippen LogP contribution in [0.4, 0.5) is 0 Å². The molecule has 0 saturated heterocycles. The molecule has 0 amide bonds. The quantitative estimate of drug-likeness (QED) is 0.714. The van der Waals surface area contributed by atoms with Crippen LogP contribution in [0.15, 0.2) is 22.8 Å². The Bertz CT molecular complexity index is 296. The lowest BCUT2D eigenvalue weighted by molar-refractivity contribution is 0.175. The third-order valence-corrected chi connectivity index (χ3v) is 7.78. The molecule has 0 aliphatic heterocycles. The summed E-state index contributed by atoms with van der Waals surface area (Å²) in [7, 11) is -1.68. The third kappa shape index (κ3) is 2.95. The Balaban J connectivity index is 2.70. The highest BCUT2D eigenvalue weighted by atomic mass is 28.4. The van der Waals surface area contributed by atoms with Crippen molar-refractivity contribution in [3.63, 3.8) is 0 Å². The fraction of sp³-hybridized carbons (Fsp3) is 0.667. The van der Waals surface area contributed by atoms with Gasteiger partial charge in [0.25, 0.3) is 0 Å². The Morgan fingerprint density at radius 2 is 1.93 bits per heavy atom. The predicted octanol–water partition coefficient (Wildman–Crippen LogP) is 4.36. The summed E-state index contributed by atoms with van der Waals surface area (Å²) in [6.07, 6.45) is 1.75. The minimum Gasteiger partial charge on any atom is -0.467 e. The molecule has 0 saturated carbocycles. The molecule has 0 spiro atoms. The van der Waals surface area contributed by atoms with Crippen LogP contribution in [-0.4, -0.2) is 8.32 Å². The summed E-state index contributed by atoms with van der Waals surface area (Å²) in [5.41, 5.74) is 0. The highest BCUT2D eigenvalue weighted by molar-refractivity contribution is 6.74. The third-order valence-electron chi connectivity index (χ3n) is 3.22. The van der Waals surface area contributed by atoms with Crippen molar-refractivity contribution in [2.24, 2.45) is 0 Å². The van der Waals surface area contributed by atoms with Crippen molar-refractivity contribution in [1.82, 2.24) is 0 Å². The van der Waals surface area contributed by atoms with Crippen molar-refractivity contribution in [1.29, 1.82) is 0 Å². The van der Waals surface area contributed by atoms with Gasteiger partial charge >= 0.3 is 0 Å². The molecule has 1 aromatic rings. The summed E-state index contributed by atoms with van der Waals surface area (Å²) in [5, 5.41) is 0.244. The van der Waals surface area contributed by atoms with Crippen molar-refractivity contribution in [2.75, 3.05) is 0 Å². The molecule has 86 valence electrons. The Kier molecular flexibility index (Phi) is 3.46. The molecule has 2 nitrogen and oxygen atoms in total. The van der Waals surface area contributed by atoms with Gasteiger partial charge in [0.2, 0.25) is 0 Å². The molecule has 1 heterocycles. The molecule has 0 unspecified atom stereocenters. The van der Waals surface area contributed by atoms with Crippen LogP contribution in [0.3, 0.4) is 0 Å². The average molecular weight is 226 g/mol. The van der Waals surface area contributed by atoms with E-state index in [9.17, 15) is 0 Å². The first-order valence-corrected chi connectivity index (χ1v) is 8.36. The van der Waals surface area contributed by atoms with Gasteiger partial charge in [-0.2, -0.15) is 0 Å². The zero-order valence-electron chi connectivity index (χ0n) is 10.6. The van der Waals surface area contributed by atoms with Gasteiger partial charge in [-0.25, -0.2) is 0 Å². The lowest BCUT2D eigenvalue weighted by Crippen LogP contribution is -2.41. The largest absolute Gasteiger partial charge is 0.467 e. The number of hydrogen-bond donors (Lipinski definition) is 0. The minimum atomic E-state index is -1.68. The van der Waals surface area contributed by atoms with Crippen LogP contribution < -0.4 is 0 Å². The van der Waals surface area contributed by atoms with Crippen LogP contribution in [0.25, 0.3) is 0 Å². The molecular formula is C12H22O2Si. The van der Waals surface area contributed by atoms with Gasteiger partial charge in [-0.3, -0.25) is 0 Å². The summed E-state index contributed by atoms with van der Waals surface area (Å²) in [4.78, 5) is 0. The summed E-state index contributed by atoms with van der Waals surface area (Å²) >= 11 is 0. The van der Waals surface area contributed by atoms with E-state index >= 15 is 0 Å². The van der Waals surface area contributed by atoms with Crippen molar-refractivity contribution in [3.05, 3.63) is 24.2 Å². The summed E-state index contributed by atoms with van der Waals surface area (Å²) in [5.74, 6) is 0.917. The number of furan rings is 1. The van der Waals surface area contributed by atoms with E-state index in [-0.39, 0.29) is 11.1 Å². The van der Waals surface area contributed by atoms with Crippen molar-refractivity contribution < 1.29 is 8.84 Å². The monoisotopic (exact) mass is 226 g/mol. The minimum absolute atomic E-state index is 0.0564. The van der Waals surface area contributed by atoms with Crippen LogP contribution in [-0.2, 0) is 4.43 Å². The molecular weight excluding hydrogens is 204 g/mol. The molecule has 0 aromatic carbocycles. The van der Waals surface area contributed by atoms with E-state index in [2.05, 4.69) is 40.8 Å². The van der Waals surface area contributed by atoms with Gasteiger partial charge in [0.1, 0.15) is 11.9 Å². The first kappa shape index (κ1) is 12.5. The zero-order chi connectivity index (χ0) is 11.7. The molecule has 0 fully saturated rings. The van der Waals surface area contributed by atoms with E-state index in [0.29, 0.717) is 0 Å². The second-order valence-electron chi connectivity index (χ2n) is 5.54. The molecule has 1 rings (SSSR count). The molecule has 0 aliphatic rings. The molecule has 0 N–H and O–H groups in total. The SMILES string of the molecule is C[C@H](O[Si](C)(C)C(C)(C)C)c1ccco1. The second-order valence-corrected chi connectivity index (χ2v) is 10.3. The fourth-order valence-corrected chi connectivity index (χ4v) is 2.55. The van der Waals surface area contributed by atoms with Gasteiger partial charge in [0, 0.05) is 0 Å². The highest BCUT2D eigenvalue weighted by Gasteiger charge is 2.38. The normalized spacial score (nSPS) is 15.3. The molecule has 0 radical (unpaired) electrons. The van der Waals surface area contributed by atoms with E-state index in [0.717, 1.165) is 5.76 Å². The average Bonchev–Trinajstić information content (AvgIpc) is 2.51. The summed E-state index contributed by atoms with van der Waals surface area (Å²) in [6, 6.07) is 3.87. The van der Waals surface area contributed by atoms with Crippen LogP contribution in [0.1, 0.15) is 39.6 Å². The lowest BCUT2D eigenvalue weighted by Gasteiger charge is -2.37. The summed E-state index contributed by atoms with van der Waals surface area (Å²) in [6.45, 7) is 13.3. The van der Waals surface area contributed by atoms with Crippen LogP contribution in [0.2, 0.25) is 18.1 Å². The van der Waals surface area contributed by atoms with Gasteiger partial charge in [-0.1, -0.05) is 20.8 Å². The van der Waals surface area contributed by atoms with Crippen LogP contribution in [0, 0.1) is 0 Å². The number of rotatable bonds is 3. The van der Waals surface area contributed by atoms with Crippen molar-refractivity contribution in [2.45, 2.75) is 51.9 Å². The van der Waals surface area contributed by atoms with Gasteiger partial charge in [-0.15, -0.1) is 0 Å². The first-order valence-electron chi connectivity index (χ1n) is 5.45. The Hall–Kier alpha value is -0.543. The standard InChI is InChI=1S/C12H22O2Si/c1-10(11-8-7-9-13-11)14-15(5,6)12(2,3)4/h7-10H,1-6H3/t10-/m0/s1. The van der Waals surface area contributed by atoms with Crippen LogP contribution in [0.5, 0.6) is 0 Å². The maximum absolute atomic E-state index is 6.19. The summed E-state index contributed by atoms with van der Waals surface area (Å²) < 4.78 is 11.5. The van der Waals surface area contributed by atoms with E-state index in [1.165, 1.54) is 0 Å². The van der Waals surface area contributed by atoms with Gasteiger partial charge < -0.3 is 8.84 Å². The maximum atomic E-state index is 6.19. The second kappa shape index (κ2) is 4.14. The molecule has 0 aliphatic carbocycles. The Labute approximate surface area is 93.8 Å². The molecule has 1 atom stereocenters. The van der Waals surface area contributed by atoms with E-state index in [1.54, 1.807) is 6.26 Å². The van der Waals surface area contributed by atoms with E-state index in [1.807, 2.05) is 12.1 Å². The van der Waals surface area contributed by atoms with Gasteiger partial charge in [0.15, 0.2) is 8.32 Å². The fourth-order valence-electron chi connectivity index (χ4n) is 1.20. The van der Waals surface area contributed by atoms with Crippen LogP contribution >= 0.6 is 0 Å². The predicted molar refractivity (Wildman–Crippen MR) is 65.4 cm³/mol. The molecule has 3 heteroatoms. The first-order chi connectivity index (χ1) is 6.74. The molecule has 1 aromatic heterocycles. The van der Waals surface area contributed by atoms with E-state index in [4.69, 9.17) is 8.84 Å². The topological polar surface area (TPSA) is 22.4 Å². The smallest absolute Gasteiger partial charge is 0.193 e. The van der Waals surface area contributed by atoms with E-state index < -0.39 is 8.32 Å². The Morgan fingerprint density at radius 1 is 1.33 bits per heavy atom. The lowest BCUT2D eigenvalue weighted by atomic mass is 10.2. The maximum Gasteiger partial charge on any atom is 0.193 e.